The Hall–Kier alpha value is -2.08. The molecule has 5 nitrogen and oxygen atoms in total. The van der Waals surface area contributed by atoms with Gasteiger partial charge in [0.1, 0.15) is 5.82 Å². The van der Waals surface area contributed by atoms with E-state index < -0.39 is 6.10 Å². The maximum absolute atomic E-state index is 13.3. The molecule has 1 aromatic carbocycles. The summed E-state index contributed by atoms with van der Waals surface area (Å²) in [6.45, 7) is 2.36. The third-order valence-corrected chi connectivity index (χ3v) is 3.28. The second kappa shape index (κ2) is 6.58. The predicted octanol–water partition coefficient (Wildman–Crippen LogP) is 1.87. The van der Waals surface area contributed by atoms with Crippen LogP contribution in [0.2, 0.25) is 0 Å². The molecule has 0 fully saturated rings. The highest BCUT2D eigenvalue weighted by atomic mass is 19.1. The molecule has 1 unspecified atom stereocenters. The van der Waals surface area contributed by atoms with Crippen molar-refractivity contribution in [2.45, 2.75) is 19.4 Å². The maximum atomic E-state index is 13.3. The molecule has 114 valence electrons. The summed E-state index contributed by atoms with van der Waals surface area (Å²) in [5, 5.41) is 12.8. The molecule has 2 amide bonds. The van der Waals surface area contributed by atoms with Crippen molar-refractivity contribution in [3.8, 4) is 0 Å². The van der Waals surface area contributed by atoms with E-state index in [4.69, 9.17) is 0 Å². The fraction of sp³-hybridized carbons (Fsp3) is 0.400. The molecule has 6 heteroatoms. The van der Waals surface area contributed by atoms with Gasteiger partial charge in [-0.05, 0) is 37.1 Å². The number of carbonyl (C=O) groups is 1. The van der Waals surface area contributed by atoms with E-state index >= 15 is 0 Å². The van der Waals surface area contributed by atoms with Crippen molar-refractivity contribution in [2.24, 2.45) is 0 Å². The lowest BCUT2D eigenvalue weighted by molar-refractivity contribution is 0.144. The van der Waals surface area contributed by atoms with Gasteiger partial charge in [-0.1, -0.05) is 0 Å². The number of carbonyl (C=O) groups excluding carboxylic acids is 1. The van der Waals surface area contributed by atoms with Crippen LogP contribution in [-0.4, -0.2) is 47.3 Å². The van der Waals surface area contributed by atoms with Crippen LogP contribution in [0.15, 0.2) is 24.4 Å². The molecule has 2 aromatic rings. The standard InChI is InChI=1S/C15H20FN3O2/c1-10(20)9-19(2)15(21)17-6-5-11-8-18-14-4-3-12(16)7-13(11)14/h3-4,7-8,10,18,20H,5-6,9H2,1-2H3,(H,17,21). The molecule has 21 heavy (non-hydrogen) atoms. The molecule has 0 aliphatic rings. The summed E-state index contributed by atoms with van der Waals surface area (Å²) in [6, 6.07) is 4.36. The van der Waals surface area contributed by atoms with Gasteiger partial charge in [0.15, 0.2) is 0 Å². The number of hydrogen-bond acceptors (Lipinski definition) is 2. The van der Waals surface area contributed by atoms with Gasteiger partial charge in [-0.15, -0.1) is 0 Å². The Morgan fingerprint density at radius 1 is 1.52 bits per heavy atom. The second-order valence-corrected chi connectivity index (χ2v) is 5.22. The van der Waals surface area contributed by atoms with Crippen LogP contribution in [0.1, 0.15) is 12.5 Å². The van der Waals surface area contributed by atoms with Crippen molar-refractivity contribution in [3.63, 3.8) is 0 Å². The van der Waals surface area contributed by atoms with Crippen LogP contribution in [0, 0.1) is 5.82 Å². The summed E-state index contributed by atoms with van der Waals surface area (Å²) in [5.74, 6) is -0.274. The summed E-state index contributed by atoms with van der Waals surface area (Å²) in [7, 11) is 1.63. The van der Waals surface area contributed by atoms with Crippen molar-refractivity contribution >= 4 is 16.9 Å². The number of nitrogens with zero attached hydrogens (tertiary/aromatic N) is 1. The van der Waals surface area contributed by atoms with E-state index in [0.29, 0.717) is 13.0 Å². The van der Waals surface area contributed by atoms with E-state index in [1.807, 2.05) is 6.20 Å². The number of aromatic amines is 1. The minimum absolute atomic E-state index is 0.234. The smallest absolute Gasteiger partial charge is 0.317 e. The molecular formula is C15H20FN3O2. The van der Waals surface area contributed by atoms with E-state index in [1.165, 1.54) is 17.0 Å². The first-order valence-corrected chi connectivity index (χ1v) is 6.90. The van der Waals surface area contributed by atoms with Gasteiger partial charge in [-0.25, -0.2) is 9.18 Å². The number of urea groups is 1. The third-order valence-electron chi connectivity index (χ3n) is 3.28. The monoisotopic (exact) mass is 293 g/mol. The first-order valence-electron chi connectivity index (χ1n) is 6.90. The number of benzene rings is 1. The Bertz CT molecular complexity index is 624. The highest BCUT2D eigenvalue weighted by molar-refractivity contribution is 5.83. The van der Waals surface area contributed by atoms with Gasteiger partial charge in [-0.3, -0.25) is 0 Å². The summed E-state index contributed by atoms with van der Waals surface area (Å²) >= 11 is 0. The molecule has 2 rings (SSSR count). The maximum Gasteiger partial charge on any atom is 0.317 e. The molecule has 0 bridgehead atoms. The molecule has 1 aromatic heterocycles. The van der Waals surface area contributed by atoms with E-state index in [9.17, 15) is 14.3 Å². The van der Waals surface area contributed by atoms with Crippen LogP contribution in [0.3, 0.4) is 0 Å². The van der Waals surface area contributed by atoms with Crippen molar-refractivity contribution < 1.29 is 14.3 Å². The SMILES string of the molecule is CC(O)CN(C)C(=O)NCCc1c[nH]c2ccc(F)cc12. The number of aromatic nitrogens is 1. The minimum Gasteiger partial charge on any atom is -0.392 e. The number of nitrogens with one attached hydrogen (secondary N) is 2. The Balaban J connectivity index is 1.90. The van der Waals surface area contributed by atoms with E-state index in [0.717, 1.165) is 16.5 Å². The van der Waals surface area contributed by atoms with Crippen LogP contribution < -0.4 is 5.32 Å². The fourth-order valence-electron chi connectivity index (χ4n) is 2.28. The van der Waals surface area contributed by atoms with E-state index in [-0.39, 0.29) is 18.4 Å². The Labute approximate surface area is 122 Å². The van der Waals surface area contributed by atoms with Crippen LogP contribution in [0.25, 0.3) is 10.9 Å². The molecule has 0 saturated carbocycles. The molecule has 1 heterocycles. The average molecular weight is 293 g/mol. The van der Waals surface area contributed by atoms with Gasteiger partial charge < -0.3 is 20.3 Å². The lowest BCUT2D eigenvalue weighted by Crippen LogP contribution is -2.41. The third kappa shape index (κ3) is 3.95. The zero-order valence-electron chi connectivity index (χ0n) is 12.2. The van der Waals surface area contributed by atoms with Crippen molar-refractivity contribution in [2.75, 3.05) is 20.1 Å². The predicted molar refractivity (Wildman–Crippen MR) is 79.7 cm³/mol. The lowest BCUT2D eigenvalue weighted by atomic mass is 10.1. The molecule has 3 N–H and O–H groups in total. The van der Waals surface area contributed by atoms with Crippen LogP contribution in [-0.2, 0) is 6.42 Å². The average Bonchev–Trinajstić information content (AvgIpc) is 2.80. The minimum atomic E-state index is -0.558. The Morgan fingerprint density at radius 3 is 3.00 bits per heavy atom. The van der Waals surface area contributed by atoms with Crippen LogP contribution in [0.5, 0.6) is 0 Å². The number of halogens is 1. The lowest BCUT2D eigenvalue weighted by Gasteiger charge is -2.19. The molecule has 0 radical (unpaired) electrons. The van der Waals surface area contributed by atoms with Gasteiger partial charge in [0.25, 0.3) is 0 Å². The number of aliphatic hydroxyl groups excluding tert-OH is 1. The summed E-state index contributed by atoms with van der Waals surface area (Å²) in [5.41, 5.74) is 1.84. The largest absolute Gasteiger partial charge is 0.392 e. The summed E-state index contributed by atoms with van der Waals surface area (Å²) < 4.78 is 13.3. The number of aliphatic hydroxyl groups is 1. The Morgan fingerprint density at radius 2 is 2.29 bits per heavy atom. The molecular weight excluding hydrogens is 273 g/mol. The molecule has 0 aliphatic heterocycles. The summed E-state index contributed by atoms with van der Waals surface area (Å²) in [6.07, 6.45) is 1.88. The Kier molecular flexibility index (Phi) is 4.80. The van der Waals surface area contributed by atoms with Gasteiger partial charge in [0.2, 0.25) is 0 Å². The van der Waals surface area contributed by atoms with E-state index in [1.54, 1.807) is 20.0 Å². The van der Waals surface area contributed by atoms with Gasteiger partial charge in [0, 0.05) is 37.2 Å². The van der Waals surface area contributed by atoms with E-state index in [2.05, 4.69) is 10.3 Å². The molecule has 0 aliphatic carbocycles. The van der Waals surface area contributed by atoms with Gasteiger partial charge >= 0.3 is 6.03 Å². The van der Waals surface area contributed by atoms with Crippen molar-refractivity contribution in [1.82, 2.24) is 15.2 Å². The second-order valence-electron chi connectivity index (χ2n) is 5.22. The van der Waals surface area contributed by atoms with Crippen molar-refractivity contribution in [1.29, 1.82) is 0 Å². The highest BCUT2D eigenvalue weighted by Crippen LogP contribution is 2.19. The number of fused-ring (bicyclic) bond motifs is 1. The number of rotatable bonds is 5. The van der Waals surface area contributed by atoms with Crippen LogP contribution in [0.4, 0.5) is 9.18 Å². The summed E-state index contributed by atoms with van der Waals surface area (Å²) in [4.78, 5) is 16.3. The molecule has 0 saturated heterocycles. The zero-order chi connectivity index (χ0) is 15.4. The first-order chi connectivity index (χ1) is 9.97. The van der Waals surface area contributed by atoms with Crippen molar-refractivity contribution in [3.05, 3.63) is 35.8 Å². The quantitative estimate of drug-likeness (QED) is 0.788. The molecule has 1 atom stereocenters. The zero-order valence-corrected chi connectivity index (χ0v) is 12.2. The van der Waals surface area contributed by atoms with Gasteiger partial charge in [0.05, 0.1) is 6.10 Å². The number of amides is 2. The molecule has 0 spiro atoms. The normalized spacial score (nSPS) is 12.4. The topological polar surface area (TPSA) is 68.4 Å². The number of H-pyrrole nitrogens is 1. The fourth-order valence-corrected chi connectivity index (χ4v) is 2.28. The first kappa shape index (κ1) is 15.3. The van der Waals surface area contributed by atoms with Gasteiger partial charge in [-0.2, -0.15) is 0 Å². The highest BCUT2D eigenvalue weighted by Gasteiger charge is 2.10. The van der Waals surface area contributed by atoms with Crippen LogP contribution >= 0.6 is 0 Å². The number of likely N-dealkylation sites (N-methyl/N-ethyl adjacent to an activating group) is 1. The number of hydrogen-bond donors (Lipinski definition) is 3.